The average molecular weight is 505 g/mol. The zero-order valence-corrected chi connectivity index (χ0v) is 21.7. The molecular formula is C28H36N6O3. The van der Waals surface area contributed by atoms with Crippen molar-refractivity contribution in [2.45, 2.75) is 38.9 Å². The van der Waals surface area contributed by atoms with Crippen molar-refractivity contribution in [1.82, 2.24) is 20.2 Å². The fourth-order valence-corrected chi connectivity index (χ4v) is 5.15. The third-order valence-electron chi connectivity index (χ3n) is 7.36. The molecule has 4 rings (SSSR count). The molecular weight excluding hydrogens is 468 g/mol. The summed E-state index contributed by atoms with van der Waals surface area (Å²) in [5.41, 5.74) is 4.48. The third kappa shape index (κ3) is 6.46. The number of hydrazine groups is 1. The van der Waals surface area contributed by atoms with Gasteiger partial charge in [0.15, 0.2) is 5.69 Å². The molecule has 0 aromatic heterocycles. The van der Waals surface area contributed by atoms with Gasteiger partial charge in [-0.1, -0.05) is 36.4 Å². The van der Waals surface area contributed by atoms with Crippen molar-refractivity contribution in [2.75, 3.05) is 51.3 Å². The lowest BCUT2D eigenvalue weighted by Crippen LogP contribution is -2.48. The lowest BCUT2D eigenvalue weighted by molar-refractivity contribution is -0.145. The predicted octanol–water partition coefficient (Wildman–Crippen LogP) is 2.31. The number of aliphatic hydroxyl groups is 1. The molecule has 37 heavy (non-hydrogen) atoms. The summed E-state index contributed by atoms with van der Waals surface area (Å²) in [6.07, 6.45) is 2.04. The maximum absolute atomic E-state index is 13.4. The monoisotopic (exact) mass is 504 g/mol. The van der Waals surface area contributed by atoms with Crippen LogP contribution >= 0.6 is 0 Å². The Morgan fingerprint density at radius 3 is 2.57 bits per heavy atom. The summed E-state index contributed by atoms with van der Waals surface area (Å²) in [4.78, 5) is 33.8. The highest BCUT2D eigenvalue weighted by atomic mass is 16.3. The summed E-state index contributed by atoms with van der Waals surface area (Å²) in [5, 5.41) is 16.1. The van der Waals surface area contributed by atoms with Gasteiger partial charge in [-0.15, -0.1) is 0 Å². The molecule has 2 aliphatic heterocycles. The maximum atomic E-state index is 13.4. The molecule has 1 fully saturated rings. The Hall–Kier alpha value is -3.45. The highest BCUT2D eigenvalue weighted by Gasteiger charge is 2.27. The minimum Gasteiger partial charge on any atom is -0.395 e. The normalized spacial score (nSPS) is 17.3. The number of likely N-dealkylation sites (N-methyl/N-ethyl adjacent to an activating group) is 1. The van der Waals surface area contributed by atoms with Crippen molar-refractivity contribution in [2.24, 2.45) is 0 Å². The van der Waals surface area contributed by atoms with Crippen molar-refractivity contribution in [1.29, 1.82) is 0 Å². The Labute approximate surface area is 219 Å². The van der Waals surface area contributed by atoms with Crippen LogP contribution in [0.25, 0.3) is 4.85 Å². The number of hydrogen-bond donors (Lipinski definition) is 2. The molecule has 2 N–H and O–H groups in total. The number of aliphatic hydroxyl groups excluding tert-OH is 1. The van der Waals surface area contributed by atoms with E-state index in [1.807, 2.05) is 30.1 Å². The Bertz CT molecular complexity index is 1140. The Kier molecular flexibility index (Phi) is 8.77. The number of anilines is 1. The quantitative estimate of drug-likeness (QED) is 0.484. The van der Waals surface area contributed by atoms with Crippen LogP contribution in [0.5, 0.6) is 0 Å². The minimum atomic E-state index is -0.184. The van der Waals surface area contributed by atoms with Gasteiger partial charge < -0.3 is 15.3 Å². The smallest absolute Gasteiger partial charge is 0.256 e. The van der Waals surface area contributed by atoms with Crippen LogP contribution in [-0.2, 0) is 22.7 Å². The first-order valence-corrected chi connectivity index (χ1v) is 12.8. The molecule has 2 heterocycles. The second kappa shape index (κ2) is 12.2. The van der Waals surface area contributed by atoms with Crippen LogP contribution in [0.15, 0.2) is 42.5 Å². The summed E-state index contributed by atoms with van der Waals surface area (Å²) in [6.45, 7) is 12.9. The molecule has 0 saturated carbocycles. The van der Waals surface area contributed by atoms with Crippen LogP contribution in [0, 0.1) is 13.5 Å². The lowest BCUT2D eigenvalue weighted by Gasteiger charge is -2.32. The summed E-state index contributed by atoms with van der Waals surface area (Å²) >= 11 is 0. The molecule has 196 valence electrons. The lowest BCUT2D eigenvalue weighted by atomic mass is 10.1. The molecule has 1 atom stereocenters. The number of likely N-dealkylation sites (tertiary alicyclic amines) is 1. The van der Waals surface area contributed by atoms with E-state index in [9.17, 15) is 14.7 Å². The van der Waals surface area contributed by atoms with Crippen LogP contribution in [0.4, 0.5) is 11.4 Å². The van der Waals surface area contributed by atoms with E-state index < -0.39 is 0 Å². The van der Waals surface area contributed by atoms with Crippen molar-refractivity contribution in [3.63, 3.8) is 0 Å². The van der Waals surface area contributed by atoms with Gasteiger partial charge in [0.05, 0.1) is 26.3 Å². The summed E-state index contributed by atoms with van der Waals surface area (Å²) in [5.74, 6) is -0.313. The number of carbonyl (C=O) groups excluding carboxylic acids is 2. The second-order valence-corrected chi connectivity index (χ2v) is 9.81. The van der Waals surface area contributed by atoms with E-state index in [1.165, 1.54) is 11.1 Å². The maximum Gasteiger partial charge on any atom is 0.256 e. The number of rotatable bonds is 10. The van der Waals surface area contributed by atoms with Crippen molar-refractivity contribution in [3.05, 3.63) is 70.6 Å². The number of aryl methyl sites for hydroxylation is 1. The molecule has 2 aromatic rings. The first-order valence-electron chi connectivity index (χ1n) is 12.8. The van der Waals surface area contributed by atoms with E-state index >= 15 is 0 Å². The average Bonchev–Trinajstić information content (AvgIpc) is 3.54. The molecule has 1 saturated heterocycles. The van der Waals surface area contributed by atoms with Crippen LogP contribution < -0.4 is 10.2 Å². The largest absolute Gasteiger partial charge is 0.395 e. The number of benzene rings is 2. The number of carbonyl (C=O) groups is 2. The number of amides is 2. The van der Waals surface area contributed by atoms with E-state index in [1.54, 1.807) is 29.1 Å². The Morgan fingerprint density at radius 1 is 1.16 bits per heavy atom. The highest BCUT2D eigenvalue weighted by Crippen LogP contribution is 2.27. The van der Waals surface area contributed by atoms with Gasteiger partial charge in [0.25, 0.3) is 5.91 Å². The predicted molar refractivity (Wildman–Crippen MR) is 143 cm³/mol. The number of hydrogen-bond acceptors (Lipinski definition) is 6. The van der Waals surface area contributed by atoms with E-state index in [0.717, 1.165) is 24.9 Å². The van der Waals surface area contributed by atoms with Gasteiger partial charge in [-0.3, -0.25) is 19.5 Å². The highest BCUT2D eigenvalue weighted by molar-refractivity contribution is 5.87. The van der Waals surface area contributed by atoms with E-state index in [4.69, 9.17) is 6.57 Å². The second-order valence-electron chi connectivity index (χ2n) is 9.81. The van der Waals surface area contributed by atoms with Gasteiger partial charge in [0.2, 0.25) is 5.91 Å². The Morgan fingerprint density at radius 2 is 1.89 bits per heavy atom. The van der Waals surface area contributed by atoms with Crippen LogP contribution in [-0.4, -0.2) is 84.3 Å². The first kappa shape index (κ1) is 26.6. The van der Waals surface area contributed by atoms with E-state index in [0.29, 0.717) is 37.6 Å². The molecule has 2 amide bonds. The molecule has 0 spiro atoms. The molecule has 9 heteroatoms. The molecule has 0 bridgehead atoms. The Balaban J connectivity index is 1.42. The molecule has 0 radical (unpaired) electrons. The van der Waals surface area contributed by atoms with Gasteiger partial charge in [-0.05, 0) is 49.1 Å². The van der Waals surface area contributed by atoms with Gasteiger partial charge in [-0.25, -0.2) is 9.85 Å². The van der Waals surface area contributed by atoms with Crippen molar-refractivity contribution >= 4 is 23.2 Å². The van der Waals surface area contributed by atoms with Gasteiger partial charge in [0.1, 0.15) is 0 Å². The van der Waals surface area contributed by atoms with Crippen LogP contribution in [0.3, 0.4) is 0 Å². The minimum absolute atomic E-state index is 0.00548. The van der Waals surface area contributed by atoms with Gasteiger partial charge in [-0.2, -0.15) is 0 Å². The molecule has 0 aliphatic carbocycles. The fraction of sp³-hybridized carbons (Fsp3) is 0.464. The molecule has 0 unspecified atom stereocenters. The van der Waals surface area contributed by atoms with Crippen LogP contribution in [0.2, 0.25) is 0 Å². The van der Waals surface area contributed by atoms with Crippen LogP contribution in [0.1, 0.15) is 29.5 Å². The number of fused-ring (bicyclic) bond motifs is 1. The first-order chi connectivity index (χ1) is 17.9. The zero-order chi connectivity index (χ0) is 26.4. The number of nitrogens with zero attached hydrogens (tertiary/aromatic N) is 5. The van der Waals surface area contributed by atoms with E-state index in [-0.39, 0.29) is 37.6 Å². The SMILES string of the molecule is [C-]#[N+]c1ccc(C)c(N(CC(=O)NCCN2CCC[C@@H]2CO)CC(=O)N(C)N2Cc3ccccc3C2)c1. The fourth-order valence-electron chi connectivity index (χ4n) is 5.15. The number of nitrogens with one attached hydrogen (secondary N) is 1. The summed E-state index contributed by atoms with van der Waals surface area (Å²) < 4.78 is 0. The standard InChI is InChI=1S/C28H36N6O3/c1-21-10-11-24(29-2)15-26(21)33(18-27(36)30-12-14-32-13-6-9-25(32)20-35)19-28(37)31(3)34-16-22-7-4-5-8-23(22)17-34/h4-5,7-8,10-11,15,25,35H,6,9,12-14,16-20H2,1,3H3,(H,30,36)/t25-/m1/s1. The van der Waals surface area contributed by atoms with E-state index in [2.05, 4.69) is 27.2 Å². The summed E-state index contributed by atoms with van der Waals surface area (Å²) in [6, 6.07) is 13.7. The van der Waals surface area contributed by atoms with Crippen molar-refractivity contribution in [3.8, 4) is 0 Å². The van der Waals surface area contributed by atoms with Gasteiger partial charge in [0, 0.05) is 45.0 Å². The summed E-state index contributed by atoms with van der Waals surface area (Å²) in [7, 11) is 1.77. The molecule has 2 aliphatic rings. The molecule has 2 aromatic carbocycles. The van der Waals surface area contributed by atoms with Gasteiger partial charge >= 0.3 is 0 Å². The third-order valence-corrected chi connectivity index (χ3v) is 7.36. The zero-order valence-electron chi connectivity index (χ0n) is 21.7. The molecule has 9 nitrogen and oxygen atoms in total. The topological polar surface area (TPSA) is 83.7 Å². The van der Waals surface area contributed by atoms with Crippen molar-refractivity contribution < 1.29 is 14.7 Å².